The Hall–Kier alpha value is -2.05. The molecule has 6 heteroatoms. The van der Waals surface area contributed by atoms with Crippen molar-refractivity contribution in [2.45, 2.75) is 38.1 Å². The summed E-state index contributed by atoms with van der Waals surface area (Å²) in [7, 11) is 0. The number of nitrogens with zero attached hydrogens (tertiary/aromatic N) is 2. The lowest BCUT2D eigenvalue weighted by Gasteiger charge is -2.27. The van der Waals surface area contributed by atoms with Gasteiger partial charge in [0, 0.05) is 17.2 Å². The second kappa shape index (κ2) is 6.69. The monoisotopic (exact) mass is 369 g/mol. The summed E-state index contributed by atoms with van der Waals surface area (Å²) in [5, 5.41) is 7.16. The number of hydrogen-bond acceptors (Lipinski definition) is 5. The molecule has 3 aromatic rings. The lowest BCUT2D eigenvalue weighted by atomic mass is 9.98. The fraction of sp³-hybridized carbons (Fsp3) is 0.316. The van der Waals surface area contributed by atoms with Crippen LogP contribution in [0.3, 0.4) is 0 Å². The molecule has 1 aliphatic carbocycles. The summed E-state index contributed by atoms with van der Waals surface area (Å²) < 4.78 is 1.13. The molecule has 0 unspecified atom stereocenters. The molecule has 0 atom stereocenters. The third kappa shape index (κ3) is 3.37. The molecule has 1 aromatic carbocycles. The van der Waals surface area contributed by atoms with E-state index in [-0.39, 0.29) is 11.4 Å². The highest BCUT2D eigenvalue weighted by Gasteiger charge is 2.39. The van der Waals surface area contributed by atoms with Crippen LogP contribution in [0, 0.1) is 6.92 Å². The zero-order valence-corrected chi connectivity index (χ0v) is 15.6. The van der Waals surface area contributed by atoms with E-state index in [1.807, 2.05) is 31.2 Å². The van der Waals surface area contributed by atoms with Crippen LogP contribution in [0.5, 0.6) is 0 Å². The Morgan fingerprint density at radius 2 is 2.04 bits per heavy atom. The lowest BCUT2D eigenvalue weighted by Crippen LogP contribution is -2.43. The minimum absolute atomic E-state index is 0.0750. The van der Waals surface area contributed by atoms with Gasteiger partial charge in [0.2, 0.25) is 5.91 Å². The molecule has 128 valence electrons. The standard InChI is InChI=1S/C19H19N3OS2/c1-13-12-24-18(20-13)19(10-4-5-11-19)22-16(23)8-9-17-21-14-6-2-3-7-15(14)25-17/h2-3,6-9,12H,4-5,10-11H2,1H3,(H,22,23). The number of fused-ring (bicyclic) bond motifs is 1. The summed E-state index contributed by atoms with van der Waals surface area (Å²) >= 11 is 3.24. The van der Waals surface area contributed by atoms with Crippen molar-refractivity contribution >= 4 is 44.9 Å². The maximum absolute atomic E-state index is 12.5. The Balaban J connectivity index is 1.52. The minimum atomic E-state index is -0.298. The fourth-order valence-corrected chi connectivity index (χ4v) is 5.21. The molecule has 0 saturated heterocycles. The molecular formula is C19H19N3OS2. The number of carbonyl (C=O) groups is 1. The number of carbonyl (C=O) groups excluding carboxylic acids is 1. The number of aromatic nitrogens is 2. The zero-order valence-electron chi connectivity index (χ0n) is 14.0. The molecule has 1 fully saturated rings. The van der Waals surface area contributed by atoms with Crippen LogP contribution in [0.25, 0.3) is 16.3 Å². The Kier molecular flexibility index (Phi) is 4.39. The molecule has 25 heavy (non-hydrogen) atoms. The average Bonchev–Trinajstić information content (AvgIpc) is 3.32. The van der Waals surface area contributed by atoms with Gasteiger partial charge in [-0.25, -0.2) is 9.97 Å². The maximum Gasteiger partial charge on any atom is 0.244 e. The van der Waals surface area contributed by atoms with Crippen LogP contribution in [0.2, 0.25) is 0 Å². The summed E-state index contributed by atoms with van der Waals surface area (Å²) in [5.41, 5.74) is 1.69. The van der Waals surface area contributed by atoms with E-state index < -0.39 is 0 Å². The van der Waals surface area contributed by atoms with Crippen molar-refractivity contribution in [1.82, 2.24) is 15.3 Å². The number of thiazole rings is 2. The van der Waals surface area contributed by atoms with Gasteiger partial charge in [-0.1, -0.05) is 25.0 Å². The highest BCUT2D eigenvalue weighted by Crippen LogP contribution is 2.40. The first-order valence-corrected chi connectivity index (χ1v) is 10.1. The summed E-state index contributed by atoms with van der Waals surface area (Å²) in [4.78, 5) is 21.7. The van der Waals surface area contributed by atoms with E-state index >= 15 is 0 Å². The maximum atomic E-state index is 12.5. The van der Waals surface area contributed by atoms with E-state index in [9.17, 15) is 4.79 Å². The van der Waals surface area contributed by atoms with Crippen molar-refractivity contribution in [3.8, 4) is 0 Å². The minimum Gasteiger partial charge on any atom is -0.341 e. The molecule has 4 nitrogen and oxygen atoms in total. The van der Waals surface area contributed by atoms with E-state index in [0.29, 0.717) is 0 Å². The molecule has 2 heterocycles. The Labute approximate surface area is 154 Å². The number of amides is 1. The molecule has 1 saturated carbocycles. The van der Waals surface area contributed by atoms with Crippen molar-refractivity contribution in [3.05, 3.63) is 51.4 Å². The van der Waals surface area contributed by atoms with Gasteiger partial charge >= 0.3 is 0 Å². The number of aryl methyl sites for hydroxylation is 1. The van der Waals surface area contributed by atoms with Gasteiger partial charge in [-0.15, -0.1) is 22.7 Å². The Bertz CT molecular complexity index is 902. The quantitative estimate of drug-likeness (QED) is 0.681. The van der Waals surface area contributed by atoms with Gasteiger partial charge in [0.1, 0.15) is 10.0 Å². The van der Waals surface area contributed by atoms with Crippen LogP contribution in [-0.2, 0) is 10.3 Å². The second-order valence-electron chi connectivity index (χ2n) is 6.43. The molecule has 2 aromatic heterocycles. The van der Waals surface area contributed by atoms with Gasteiger partial charge in [0.05, 0.1) is 15.8 Å². The van der Waals surface area contributed by atoms with Crippen LogP contribution in [0.4, 0.5) is 0 Å². The van der Waals surface area contributed by atoms with Crippen LogP contribution in [0.1, 0.15) is 41.4 Å². The predicted octanol–water partition coefficient (Wildman–Crippen LogP) is 4.66. The highest BCUT2D eigenvalue weighted by molar-refractivity contribution is 7.19. The van der Waals surface area contributed by atoms with Crippen molar-refractivity contribution in [1.29, 1.82) is 0 Å². The van der Waals surface area contributed by atoms with Gasteiger partial charge in [0.15, 0.2) is 0 Å². The van der Waals surface area contributed by atoms with Gasteiger partial charge in [0.25, 0.3) is 0 Å². The van der Waals surface area contributed by atoms with E-state index in [0.717, 1.165) is 51.6 Å². The topological polar surface area (TPSA) is 54.9 Å². The normalized spacial score (nSPS) is 16.7. The van der Waals surface area contributed by atoms with Crippen LogP contribution >= 0.6 is 22.7 Å². The number of para-hydroxylation sites is 1. The highest BCUT2D eigenvalue weighted by atomic mass is 32.1. The van der Waals surface area contributed by atoms with Crippen LogP contribution < -0.4 is 5.32 Å². The summed E-state index contributed by atoms with van der Waals surface area (Å²) in [5.74, 6) is -0.0750. The number of benzene rings is 1. The van der Waals surface area contributed by atoms with Crippen molar-refractivity contribution in [3.63, 3.8) is 0 Å². The number of hydrogen-bond donors (Lipinski definition) is 1. The van der Waals surface area contributed by atoms with Crippen molar-refractivity contribution in [2.24, 2.45) is 0 Å². The molecule has 1 amide bonds. The van der Waals surface area contributed by atoms with Gasteiger partial charge < -0.3 is 5.32 Å². The molecule has 0 spiro atoms. The smallest absolute Gasteiger partial charge is 0.244 e. The molecule has 0 bridgehead atoms. The zero-order chi connectivity index (χ0) is 17.3. The first-order valence-electron chi connectivity index (χ1n) is 8.43. The van der Waals surface area contributed by atoms with Crippen LogP contribution in [-0.4, -0.2) is 15.9 Å². The van der Waals surface area contributed by atoms with Gasteiger partial charge in [-0.2, -0.15) is 0 Å². The lowest BCUT2D eigenvalue weighted by molar-refractivity contribution is -0.118. The molecule has 0 radical (unpaired) electrons. The summed E-state index contributed by atoms with van der Waals surface area (Å²) in [6.07, 6.45) is 7.57. The average molecular weight is 370 g/mol. The van der Waals surface area contributed by atoms with E-state index in [4.69, 9.17) is 0 Å². The third-order valence-corrected chi connectivity index (χ3v) is 6.70. The molecule has 4 rings (SSSR count). The first-order chi connectivity index (χ1) is 12.1. The van der Waals surface area contributed by atoms with Gasteiger partial charge in [-0.05, 0) is 38.0 Å². The van der Waals surface area contributed by atoms with Crippen LogP contribution in [0.15, 0.2) is 35.7 Å². The first kappa shape index (κ1) is 16.4. The Morgan fingerprint density at radius 1 is 1.24 bits per heavy atom. The molecular weight excluding hydrogens is 350 g/mol. The fourth-order valence-electron chi connectivity index (χ4n) is 3.33. The summed E-state index contributed by atoms with van der Waals surface area (Å²) in [6.45, 7) is 2.00. The SMILES string of the molecule is Cc1csc(C2(NC(=O)C=Cc3nc4ccccc4s3)CCCC2)n1. The molecule has 1 aliphatic rings. The van der Waals surface area contributed by atoms with Crippen molar-refractivity contribution < 1.29 is 4.79 Å². The van der Waals surface area contributed by atoms with E-state index in [1.54, 1.807) is 34.8 Å². The number of rotatable bonds is 4. The van der Waals surface area contributed by atoms with E-state index in [1.165, 1.54) is 0 Å². The largest absolute Gasteiger partial charge is 0.341 e. The molecule has 1 N–H and O–H groups in total. The second-order valence-corrected chi connectivity index (χ2v) is 8.35. The van der Waals surface area contributed by atoms with Crippen molar-refractivity contribution in [2.75, 3.05) is 0 Å². The third-order valence-electron chi connectivity index (χ3n) is 4.54. The number of nitrogens with one attached hydrogen (secondary N) is 1. The Morgan fingerprint density at radius 3 is 2.76 bits per heavy atom. The summed E-state index contributed by atoms with van der Waals surface area (Å²) in [6, 6.07) is 8.01. The predicted molar refractivity (Wildman–Crippen MR) is 104 cm³/mol. The van der Waals surface area contributed by atoms with Gasteiger partial charge in [-0.3, -0.25) is 4.79 Å². The molecule has 0 aliphatic heterocycles. The van der Waals surface area contributed by atoms with E-state index in [2.05, 4.69) is 20.7 Å².